The number of piperidine rings is 1. The first-order valence-electron chi connectivity index (χ1n) is 7.10. The largest absolute Gasteiger partial charge is 0.401 e. The molecule has 120 valence electrons. The van der Waals surface area contributed by atoms with Crippen molar-refractivity contribution in [1.82, 2.24) is 4.90 Å². The highest BCUT2D eigenvalue weighted by Gasteiger charge is 2.32. The number of alkyl halides is 3. The van der Waals surface area contributed by atoms with Crippen molar-refractivity contribution in [2.24, 2.45) is 5.92 Å². The first kappa shape index (κ1) is 16.9. The number of benzene rings is 1. The summed E-state index contributed by atoms with van der Waals surface area (Å²) in [5.41, 5.74) is 1.19. The second-order valence-electron chi connectivity index (χ2n) is 5.52. The third kappa shape index (κ3) is 5.08. The summed E-state index contributed by atoms with van der Waals surface area (Å²) >= 11 is 5.91. The first-order valence-corrected chi connectivity index (χ1v) is 7.48. The first-order chi connectivity index (χ1) is 10.4. The Balaban J connectivity index is 1.82. The predicted molar refractivity (Wildman–Crippen MR) is 79.9 cm³/mol. The Kier molecular flexibility index (Phi) is 5.54. The molecule has 2 rings (SSSR count). The molecule has 0 radical (unpaired) electrons. The third-order valence-corrected chi connectivity index (χ3v) is 4.03. The van der Waals surface area contributed by atoms with E-state index in [-0.39, 0.29) is 0 Å². The van der Waals surface area contributed by atoms with Gasteiger partial charge in [0.25, 0.3) is 0 Å². The highest BCUT2D eigenvalue weighted by atomic mass is 35.5. The van der Waals surface area contributed by atoms with Gasteiger partial charge in [-0.05, 0) is 50.0 Å². The van der Waals surface area contributed by atoms with Crippen LogP contribution in [0.4, 0.5) is 18.9 Å². The lowest BCUT2D eigenvalue weighted by atomic mass is 9.96. The maximum absolute atomic E-state index is 12.3. The molecule has 0 spiro atoms. The summed E-state index contributed by atoms with van der Waals surface area (Å²) in [6, 6.07) is 7.09. The minimum Gasteiger partial charge on any atom is -0.384 e. The summed E-state index contributed by atoms with van der Waals surface area (Å²) in [4.78, 5) is 1.44. The van der Waals surface area contributed by atoms with Crippen LogP contribution in [-0.2, 0) is 0 Å². The minimum atomic E-state index is -4.13. The van der Waals surface area contributed by atoms with Crippen LogP contribution in [0.5, 0.6) is 0 Å². The van der Waals surface area contributed by atoms with Gasteiger partial charge in [-0.2, -0.15) is 18.4 Å². The highest BCUT2D eigenvalue weighted by Crippen LogP contribution is 2.24. The molecule has 0 atom stereocenters. The van der Waals surface area contributed by atoms with Crippen LogP contribution in [0.25, 0.3) is 0 Å². The Bertz CT molecular complexity index is 546. The van der Waals surface area contributed by atoms with E-state index in [0.29, 0.717) is 54.7 Å². The van der Waals surface area contributed by atoms with E-state index in [1.54, 1.807) is 18.2 Å². The Morgan fingerprint density at radius 2 is 2.00 bits per heavy atom. The molecule has 0 bridgehead atoms. The number of anilines is 1. The van der Waals surface area contributed by atoms with Crippen molar-refractivity contribution in [3.8, 4) is 6.07 Å². The smallest absolute Gasteiger partial charge is 0.384 e. The van der Waals surface area contributed by atoms with Crippen molar-refractivity contribution >= 4 is 17.3 Å². The molecule has 0 aliphatic carbocycles. The van der Waals surface area contributed by atoms with Crippen molar-refractivity contribution in [3.63, 3.8) is 0 Å². The summed E-state index contributed by atoms with van der Waals surface area (Å²) < 4.78 is 37.0. The van der Waals surface area contributed by atoms with Gasteiger partial charge in [-0.3, -0.25) is 4.90 Å². The van der Waals surface area contributed by atoms with E-state index < -0.39 is 12.7 Å². The molecule has 1 saturated heterocycles. The van der Waals surface area contributed by atoms with Crippen LogP contribution in [0.3, 0.4) is 0 Å². The van der Waals surface area contributed by atoms with E-state index in [2.05, 4.69) is 11.4 Å². The summed E-state index contributed by atoms with van der Waals surface area (Å²) in [6.45, 7) is 0.702. The van der Waals surface area contributed by atoms with E-state index in [4.69, 9.17) is 16.9 Å². The molecule has 3 nitrogen and oxygen atoms in total. The fourth-order valence-electron chi connectivity index (χ4n) is 2.62. The summed E-state index contributed by atoms with van der Waals surface area (Å²) in [6.07, 6.45) is -2.70. The topological polar surface area (TPSA) is 39.1 Å². The molecule has 1 aromatic rings. The highest BCUT2D eigenvalue weighted by molar-refractivity contribution is 6.30. The van der Waals surface area contributed by atoms with E-state index in [1.165, 1.54) is 4.90 Å². The molecule has 1 fully saturated rings. The molecule has 1 aliphatic heterocycles. The summed E-state index contributed by atoms with van der Waals surface area (Å²) in [5, 5.41) is 12.8. The number of likely N-dealkylation sites (tertiary alicyclic amines) is 1. The Hall–Kier alpha value is -1.45. The van der Waals surface area contributed by atoms with Crippen LogP contribution < -0.4 is 5.32 Å². The Morgan fingerprint density at radius 3 is 2.59 bits per heavy atom. The lowest BCUT2D eigenvalue weighted by Gasteiger charge is -2.32. The normalized spacial score (nSPS) is 17.2. The molecule has 1 heterocycles. The van der Waals surface area contributed by atoms with E-state index >= 15 is 0 Å². The number of rotatable bonds is 4. The van der Waals surface area contributed by atoms with Gasteiger partial charge in [0.1, 0.15) is 6.07 Å². The van der Waals surface area contributed by atoms with E-state index in [1.807, 2.05) is 0 Å². The molecule has 1 aromatic carbocycles. The third-order valence-electron chi connectivity index (χ3n) is 3.79. The quantitative estimate of drug-likeness (QED) is 0.909. The van der Waals surface area contributed by atoms with Gasteiger partial charge in [-0.1, -0.05) is 11.6 Å². The van der Waals surface area contributed by atoms with Crippen molar-refractivity contribution in [3.05, 3.63) is 28.8 Å². The average molecular weight is 332 g/mol. The molecule has 0 aromatic heterocycles. The molecular weight excluding hydrogens is 315 g/mol. The number of halogens is 4. The number of nitriles is 1. The van der Waals surface area contributed by atoms with Gasteiger partial charge in [0, 0.05) is 11.6 Å². The van der Waals surface area contributed by atoms with Gasteiger partial charge in [0.15, 0.2) is 0 Å². The molecular formula is C15H17ClF3N3. The number of nitrogens with one attached hydrogen (secondary N) is 1. The zero-order chi connectivity index (χ0) is 16.2. The van der Waals surface area contributed by atoms with Gasteiger partial charge >= 0.3 is 6.18 Å². The summed E-state index contributed by atoms with van der Waals surface area (Å²) in [5.74, 6) is 0.301. The van der Waals surface area contributed by atoms with Crippen LogP contribution in [0, 0.1) is 17.2 Å². The second kappa shape index (κ2) is 7.21. The fraction of sp³-hybridized carbons (Fsp3) is 0.533. The van der Waals surface area contributed by atoms with Crippen LogP contribution in [0.2, 0.25) is 5.02 Å². The molecule has 0 amide bonds. The van der Waals surface area contributed by atoms with Gasteiger partial charge < -0.3 is 5.32 Å². The maximum Gasteiger partial charge on any atom is 0.401 e. The molecule has 0 saturated carbocycles. The zero-order valence-corrected chi connectivity index (χ0v) is 12.7. The van der Waals surface area contributed by atoms with Gasteiger partial charge in [0.05, 0.1) is 17.8 Å². The van der Waals surface area contributed by atoms with E-state index in [0.717, 1.165) is 0 Å². The average Bonchev–Trinajstić information content (AvgIpc) is 2.45. The molecule has 1 N–H and O–H groups in total. The zero-order valence-electron chi connectivity index (χ0n) is 12.0. The number of hydrogen-bond donors (Lipinski definition) is 1. The number of nitrogens with zero attached hydrogens (tertiary/aromatic N) is 2. The monoisotopic (exact) mass is 331 g/mol. The van der Waals surface area contributed by atoms with Crippen LogP contribution in [0.15, 0.2) is 18.2 Å². The standard InChI is InChI=1S/C15H17ClF3N3/c16-13-2-1-12(8-20)14(7-13)21-9-11-3-5-22(6-4-11)10-15(17,18)19/h1-2,7,11,21H,3-6,9-10H2. The molecule has 0 unspecified atom stereocenters. The fourth-order valence-corrected chi connectivity index (χ4v) is 2.79. The Morgan fingerprint density at radius 1 is 1.32 bits per heavy atom. The van der Waals surface area contributed by atoms with Crippen LogP contribution in [-0.4, -0.2) is 37.3 Å². The predicted octanol–water partition coefficient (Wildman–Crippen LogP) is 3.90. The van der Waals surface area contributed by atoms with Gasteiger partial charge in [-0.25, -0.2) is 0 Å². The van der Waals surface area contributed by atoms with E-state index in [9.17, 15) is 13.2 Å². The minimum absolute atomic E-state index is 0.301. The lowest BCUT2D eigenvalue weighted by molar-refractivity contribution is -0.148. The SMILES string of the molecule is N#Cc1ccc(Cl)cc1NCC1CCN(CC(F)(F)F)CC1. The van der Waals surface area contributed by atoms with Crippen molar-refractivity contribution in [1.29, 1.82) is 5.26 Å². The molecule has 22 heavy (non-hydrogen) atoms. The molecule has 7 heteroatoms. The van der Waals surface area contributed by atoms with Gasteiger partial charge in [-0.15, -0.1) is 0 Å². The number of hydrogen-bond acceptors (Lipinski definition) is 3. The Labute approximate surface area is 132 Å². The van der Waals surface area contributed by atoms with Crippen LogP contribution in [0.1, 0.15) is 18.4 Å². The maximum atomic E-state index is 12.3. The molecule has 1 aliphatic rings. The van der Waals surface area contributed by atoms with Crippen molar-refractivity contribution in [2.45, 2.75) is 19.0 Å². The van der Waals surface area contributed by atoms with Gasteiger partial charge in [0.2, 0.25) is 0 Å². The van der Waals surface area contributed by atoms with Crippen LogP contribution >= 0.6 is 11.6 Å². The van der Waals surface area contributed by atoms with Crippen molar-refractivity contribution in [2.75, 3.05) is 31.5 Å². The lowest BCUT2D eigenvalue weighted by Crippen LogP contribution is -2.41. The summed E-state index contributed by atoms with van der Waals surface area (Å²) in [7, 11) is 0. The second-order valence-corrected chi connectivity index (χ2v) is 5.95. The van der Waals surface area contributed by atoms with Crippen molar-refractivity contribution < 1.29 is 13.2 Å².